The van der Waals surface area contributed by atoms with Gasteiger partial charge in [0.25, 0.3) is 0 Å². The van der Waals surface area contributed by atoms with Crippen LogP contribution >= 0.6 is 0 Å². The van der Waals surface area contributed by atoms with Crippen LogP contribution in [0.4, 0.5) is 0 Å². The van der Waals surface area contributed by atoms with Crippen molar-refractivity contribution in [2.45, 2.75) is 45.4 Å². The van der Waals surface area contributed by atoms with E-state index in [4.69, 9.17) is 0 Å². The summed E-state index contributed by atoms with van der Waals surface area (Å²) in [6.45, 7) is 5.57. The maximum Gasteiger partial charge on any atom is 0.249 e. The van der Waals surface area contributed by atoms with Gasteiger partial charge in [0.05, 0.1) is 0 Å². The van der Waals surface area contributed by atoms with Gasteiger partial charge in [0, 0.05) is 24.6 Å². The predicted octanol–water partition coefficient (Wildman–Crippen LogP) is 0.666. The quantitative estimate of drug-likeness (QED) is 0.707. The molecule has 5 nitrogen and oxygen atoms in total. The molecule has 1 fully saturated rings. The van der Waals surface area contributed by atoms with Crippen LogP contribution < -0.4 is 5.32 Å². The molecule has 0 aromatic carbocycles. The zero-order valence-corrected chi connectivity index (χ0v) is 10.9. The molecule has 2 aliphatic heterocycles. The molecule has 2 atom stereocenters. The monoisotopic (exact) mass is 250 g/mol. The van der Waals surface area contributed by atoms with Crippen LogP contribution in [0.1, 0.15) is 33.6 Å². The van der Waals surface area contributed by atoms with E-state index >= 15 is 0 Å². The second-order valence-corrected chi connectivity index (χ2v) is 5.18. The number of aliphatic hydroxyl groups is 1. The first kappa shape index (κ1) is 12.8. The van der Waals surface area contributed by atoms with E-state index in [0.29, 0.717) is 12.2 Å². The summed E-state index contributed by atoms with van der Waals surface area (Å²) >= 11 is 0. The smallest absolute Gasteiger partial charge is 0.249 e. The molecular formula is C13H18N2O3. The Morgan fingerprint density at radius 1 is 1.61 bits per heavy atom. The minimum absolute atomic E-state index is 0.0414. The largest absolute Gasteiger partial charge is 0.364 e. The standard InChI is InChI=1S/C13H18N2O3/c1-8(2)6-12(17)14-11-7-10(16)13(18)5-4-9(3)15(11)13/h6-7,9,18H,4-5H2,1-3H3,(H,14,17). The Bertz CT molecular complexity index is 463. The highest BCUT2D eigenvalue weighted by molar-refractivity contribution is 6.01. The second kappa shape index (κ2) is 4.24. The zero-order chi connectivity index (χ0) is 13.5. The molecule has 1 saturated heterocycles. The summed E-state index contributed by atoms with van der Waals surface area (Å²) in [5, 5.41) is 13.0. The van der Waals surface area contributed by atoms with Crippen molar-refractivity contribution in [3.8, 4) is 0 Å². The number of amides is 1. The molecule has 0 aromatic rings. The van der Waals surface area contributed by atoms with Crippen LogP contribution in [0, 0.1) is 0 Å². The molecule has 98 valence electrons. The van der Waals surface area contributed by atoms with E-state index in [9.17, 15) is 14.7 Å². The van der Waals surface area contributed by atoms with Crippen molar-refractivity contribution < 1.29 is 14.7 Å². The van der Waals surface area contributed by atoms with Gasteiger partial charge in [-0.1, -0.05) is 5.57 Å². The minimum Gasteiger partial charge on any atom is -0.364 e. The normalized spacial score (nSPS) is 30.0. The van der Waals surface area contributed by atoms with E-state index in [1.54, 1.807) is 4.90 Å². The van der Waals surface area contributed by atoms with E-state index in [-0.39, 0.29) is 17.7 Å². The molecule has 0 aliphatic carbocycles. The molecule has 2 unspecified atom stereocenters. The number of ketones is 1. The number of carbonyl (C=O) groups excluding carboxylic acids is 2. The topological polar surface area (TPSA) is 69.6 Å². The van der Waals surface area contributed by atoms with Crippen molar-refractivity contribution in [2.75, 3.05) is 0 Å². The van der Waals surface area contributed by atoms with E-state index in [0.717, 1.165) is 12.0 Å². The van der Waals surface area contributed by atoms with Crippen LogP contribution in [0.5, 0.6) is 0 Å². The van der Waals surface area contributed by atoms with E-state index < -0.39 is 5.72 Å². The molecule has 1 amide bonds. The second-order valence-electron chi connectivity index (χ2n) is 5.18. The van der Waals surface area contributed by atoms with Crippen LogP contribution in [0.2, 0.25) is 0 Å². The van der Waals surface area contributed by atoms with Gasteiger partial charge in [0.15, 0.2) is 0 Å². The molecule has 18 heavy (non-hydrogen) atoms. The molecule has 2 rings (SSSR count). The fourth-order valence-corrected chi connectivity index (χ4v) is 2.53. The van der Waals surface area contributed by atoms with Crippen molar-refractivity contribution in [3.05, 3.63) is 23.5 Å². The number of rotatable bonds is 2. The number of fused-ring (bicyclic) bond motifs is 1. The van der Waals surface area contributed by atoms with Gasteiger partial charge in [-0.2, -0.15) is 0 Å². The highest BCUT2D eigenvalue weighted by Crippen LogP contribution is 2.39. The molecule has 0 aromatic heterocycles. The summed E-state index contributed by atoms with van der Waals surface area (Å²) in [6.07, 6.45) is 3.92. The zero-order valence-electron chi connectivity index (χ0n) is 10.9. The van der Waals surface area contributed by atoms with Crippen molar-refractivity contribution in [3.63, 3.8) is 0 Å². The molecule has 2 heterocycles. The summed E-state index contributed by atoms with van der Waals surface area (Å²) in [6, 6.07) is 0.0414. The van der Waals surface area contributed by atoms with Crippen molar-refractivity contribution in [2.24, 2.45) is 0 Å². The number of nitrogens with zero attached hydrogens (tertiary/aromatic N) is 1. The van der Waals surface area contributed by atoms with E-state index in [1.807, 2.05) is 20.8 Å². The average Bonchev–Trinajstić information content (AvgIpc) is 2.65. The lowest BCUT2D eigenvalue weighted by Gasteiger charge is -2.31. The van der Waals surface area contributed by atoms with Crippen molar-refractivity contribution >= 4 is 11.7 Å². The van der Waals surface area contributed by atoms with E-state index in [2.05, 4.69) is 5.32 Å². The Balaban J connectivity index is 2.20. The fourth-order valence-electron chi connectivity index (χ4n) is 2.53. The lowest BCUT2D eigenvalue weighted by Crippen LogP contribution is -2.49. The van der Waals surface area contributed by atoms with Gasteiger partial charge < -0.3 is 15.3 Å². The van der Waals surface area contributed by atoms with Gasteiger partial charge in [0.1, 0.15) is 5.82 Å². The number of hydrogen-bond donors (Lipinski definition) is 2. The maximum atomic E-state index is 11.8. The van der Waals surface area contributed by atoms with Crippen LogP contribution in [-0.2, 0) is 9.59 Å². The lowest BCUT2D eigenvalue weighted by molar-refractivity contribution is -0.144. The molecule has 0 bridgehead atoms. The van der Waals surface area contributed by atoms with Crippen molar-refractivity contribution in [1.29, 1.82) is 0 Å². The van der Waals surface area contributed by atoms with E-state index in [1.165, 1.54) is 12.2 Å². The van der Waals surface area contributed by atoms with Gasteiger partial charge in [-0.05, 0) is 27.2 Å². The lowest BCUT2D eigenvalue weighted by atomic mass is 10.1. The molecule has 2 aliphatic rings. The summed E-state index contributed by atoms with van der Waals surface area (Å²) in [5.74, 6) is -0.230. The molecular weight excluding hydrogens is 232 g/mol. The molecule has 0 spiro atoms. The molecule has 2 N–H and O–H groups in total. The summed E-state index contributed by atoms with van der Waals surface area (Å²) in [4.78, 5) is 25.1. The van der Waals surface area contributed by atoms with Crippen LogP contribution in [0.25, 0.3) is 0 Å². The third kappa shape index (κ3) is 1.95. The number of hydrogen-bond acceptors (Lipinski definition) is 4. The van der Waals surface area contributed by atoms with Crippen LogP contribution in [0.3, 0.4) is 0 Å². The Morgan fingerprint density at radius 3 is 2.89 bits per heavy atom. The highest BCUT2D eigenvalue weighted by Gasteiger charge is 2.53. The predicted molar refractivity (Wildman–Crippen MR) is 66.1 cm³/mol. The molecule has 0 radical (unpaired) electrons. The number of nitrogens with one attached hydrogen (secondary N) is 1. The third-order valence-corrected chi connectivity index (χ3v) is 3.34. The molecule has 0 saturated carbocycles. The number of carbonyl (C=O) groups is 2. The van der Waals surface area contributed by atoms with Gasteiger partial charge in [-0.25, -0.2) is 0 Å². The fraction of sp³-hybridized carbons (Fsp3) is 0.538. The molecule has 5 heteroatoms. The Labute approximate surface area is 106 Å². The highest BCUT2D eigenvalue weighted by atomic mass is 16.3. The van der Waals surface area contributed by atoms with Gasteiger partial charge >= 0.3 is 0 Å². The summed E-state index contributed by atoms with van der Waals surface area (Å²) < 4.78 is 0. The Hall–Kier alpha value is -1.62. The minimum atomic E-state index is -1.45. The van der Waals surface area contributed by atoms with Gasteiger partial charge in [-0.3, -0.25) is 9.59 Å². The Morgan fingerprint density at radius 2 is 2.28 bits per heavy atom. The van der Waals surface area contributed by atoms with Gasteiger partial charge in [0.2, 0.25) is 17.4 Å². The number of allylic oxidation sites excluding steroid dienone is 1. The first-order valence-electron chi connectivity index (χ1n) is 6.08. The maximum absolute atomic E-state index is 11.8. The Kier molecular flexibility index (Phi) is 3.02. The van der Waals surface area contributed by atoms with Crippen LogP contribution in [-0.4, -0.2) is 33.5 Å². The van der Waals surface area contributed by atoms with Crippen molar-refractivity contribution in [1.82, 2.24) is 10.2 Å². The third-order valence-electron chi connectivity index (χ3n) is 3.34. The average molecular weight is 250 g/mol. The SMILES string of the molecule is CC(C)=CC(=O)NC1=CC(=O)C2(O)CCC(C)N12. The first-order chi connectivity index (χ1) is 8.34. The summed E-state index contributed by atoms with van der Waals surface area (Å²) in [7, 11) is 0. The first-order valence-corrected chi connectivity index (χ1v) is 6.08. The summed E-state index contributed by atoms with van der Waals surface area (Å²) in [5.41, 5.74) is -0.574. The van der Waals surface area contributed by atoms with Crippen LogP contribution in [0.15, 0.2) is 23.5 Å². The van der Waals surface area contributed by atoms with Gasteiger partial charge in [-0.15, -0.1) is 0 Å².